The van der Waals surface area contributed by atoms with Crippen LogP contribution in [-0.2, 0) is 7.05 Å². The quantitative estimate of drug-likeness (QED) is 0.488. The molecule has 0 saturated carbocycles. The topological polar surface area (TPSA) is 29.9 Å². The first kappa shape index (κ1) is 13.9. The maximum atomic E-state index is 6.02. The highest BCUT2D eigenvalue weighted by Gasteiger charge is 2.16. The monoisotopic (exact) mass is 303 g/mol. The fourth-order valence-corrected chi connectivity index (χ4v) is 3.24. The molecule has 3 aromatic heterocycles. The van der Waals surface area contributed by atoms with Gasteiger partial charge in [-0.15, -0.1) is 0 Å². The first-order valence-corrected chi connectivity index (χ1v) is 7.79. The highest BCUT2D eigenvalue weighted by Crippen LogP contribution is 2.33. The minimum Gasteiger partial charge on any atom is -0.454 e. The molecule has 0 spiro atoms. The van der Waals surface area contributed by atoms with Gasteiger partial charge in [0.1, 0.15) is 12.6 Å². The van der Waals surface area contributed by atoms with Crippen molar-refractivity contribution < 1.29 is 8.98 Å². The van der Waals surface area contributed by atoms with E-state index in [2.05, 4.69) is 67.0 Å². The summed E-state index contributed by atoms with van der Waals surface area (Å²) < 4.78 is 8.18. The Bertz CT molecular complexity index is 1060. The molecule has 0 radical (unpaired) electrons. The molecule has 3 heteroatoms. The molecule has 4 rings (SSSR count). The van der Waals surface area contributed by atoms with E-state index in [9.17, 15) is 0 Å². The van der Waals surface area contributed by atoms with Crippen LogP contribution in [0.4, 0.5) is 0 Å². The van der Waals surface area contributed by atoms with Gasteiger partial charge in [-0.05, 0) is 50.6 Å². The molecule has 0 aliphatic carbocycles. The van der Waals surface area contributed by atoms with Crippen molar-refractivity contribution in [1.29, 1.82) is 0 Å². The van der Waals surface area contributed by atoms with Crippen LogP contribution in [0.25, 0.3) is 33.2 Å². The molecule has 114 valence electrons. The Balaban J connectivity index is 2.02. The number of furan rings is 1. The fourth-order valence-electron chi connectivity index (χ4n) is 3.24. The summed E-state index contributed by atoms with van der Waals surface area (Å²) in [4.78, 5) is 4.33. The van der Waals surface area contributed by atoms with Gasteiger partial charge in [0.25, 0.3) is 0 Å². The average molecular weight is 303 g/mol. The van der Waals surface area contributed by atoms with E-state index < -0.39 is 0 Å². The van der Waals surface area contributed by atoms with E-state index in [0.717, 1.165) is 27.6 Å². The van der Waals surface area contributed by atoms with Crippen molar-refractivity contribution in [3.8, 4) is 11.3 Å². The minimum atomic E-state index is 0.843. The third kappa shape index (κ3) is 2.20. The Morgan fingerprint density at radius 2 is 1.74 bits per heavy atom. The molecule has 1 aromatic carbocycles. The van der Waals surface area contributed by atoms with Gasteiger partial charge in [-0.25, -0.2) is 4.57 Å². The van der Waals surface area contributed by atoms with Crippen LogP contribution in [-0.4, -0.2) is 4.98 Å². The first-order valence-electron chi connectivity index (χ1n) is 7.79. The normalized spacial score (nSPS) is 11.5. The second-order valence-electron chi connectivity index (χ2n) is 6.29. The molecule has 0 unspecified atom stereocenters. The Labute approximate surface area is 135 Å². The number of hydrogen-bond donors (Lipinski definition) is 0. The molecule has 0 aliphatic heterocycles. The lowest BCUT2D eigenvalue weighted by molar-refractivity contribution is -0.660. The molecule has 0 N–H and O–H groups in total. The largest absolute Gasteiger partial charge is 0.454 e. The van der Waals surface area contributed by atoms with Crippen LogP contribution in [0.5, 0.6) is 0 Å². The van der Waals surface area contributed by atoms with Crippen molar-refractivity contribution in [2.45, 2.75) is 20.8 Å². The molecule has 0 fully saturated rings. The minimum absolute atomic E-state index is 0.843. The number of nitrogens with zero attached hydrogens (tertiary/aromatic N) is 2. The summed E-state index contributed by atoms with van der Waals surface area (Å²) in [6.07, 6.45) is 3.95. The summed E-state index contributed by atoms with van der Waals surface area (Å²) in [5, 5.41) is 2.29. The molecule has 3 heterocycles. The summed E-state index contributed by atoms with van der Waals surface area (Å²) in [5.41, 5.74) is 7.64. The third-order valence-corrected chi connectivity index (χ3v) is 4.40. The maximum absolute atomic E-state index is 6.02. The number of hydrogen-bond acceptors (Lipinski definition) is 2. The van der Waals surface area contributed by atoms with Gasteiger partial charge in [0.2, 0.25) is 5.69 Å². The standard InChI is InChI=1S/C20H19N2O/c1-12-5-6-18(22(4)11-12)15-9-19-16(7-13(15)2)17-8-14(3)21-10-20(17)23-19/h5-11H,1-4H3/q+1. The molecular weight excluding hydrogens is 284 g/mol. The molecule has 0 amide bonds. The summed E-state index contributed by atoms with van der Waals surface area (Å²) >= 11 is 0. The molecule has 0 aliphatic rings. The molecule has 4 aromatic rings. The number of aromatic nitrogens is 2. The van der Waals surface area contributed by atoms with Crippen LogP contribution in [0, 0.1) is 20.8 Å². The average Bonchev–Trinajstić information content (AvgIpc) is 2.84. The predicted octanol–water partition coefficient (Wildman–Crippen LogP) is 4.40. The van der Waals surface area contributed by atoms with Crippen LogP contribution < -0.4 is 4.57 Å². The molecule has 0 saturated heterocycles. The van der Waals surface area contributed by atoms with Crippen LogP contribution in [0.2, 0.25) is 0 Å². The molecule has 23 heavy (non-hydrogen) atoms. The van der Waals surface area contributed by atoms with Gasteiger partial charge in [0.05, 0.1) is 11.8 Å². The number of benzene rings is 1. The summed E-state index contributed by atoms with van der Waals surface area (Å²) in [5.74, 6) is 0. The van der Waals surface area contributed by atoms with Gasteiger partial charge in [-0.2, -0.15) is 0 Å². The van der Waals surface area contributed by atoms with Gasteiger partial charge < -0.3 is 4.42 Å². The van der Waals surface area contributed by atoms with E-state index in [1.54, 1.807) is 0 Å². The highest BCUT2D eigenvalue weighted by atomic mass is 16.3. The van der Waals surface area contributed by atoms with Crippen molar-refractivity contribution in [2.24, 2.45) is 7.05 Å². The maximum Gasteiger partial charge on any atom is 0.212 e. The fraction of sp³-hybridized carbons (Fsp3) is 0.200. The van der Waals surface area contributed by atoms with Crippen LogP contribution in [0.1, 0.15) is 16.8 Å². The van der Waals surface area contributed by atoms with Gasteiger partial charge >= 0.3 is 0 Å². The van der Waals surface area contributed by atoms with Gasteiger partial charge in [-0.1, -0.05) is 0 Å². The molecule has 3 nitrogen and oxygen atoms in total. The highest BCUT2D eigenvalue weighted by molar-refractivity contribution is 6.06. The van der Waals surface area contributed by atoms with E-state index >= 15 is 0 Å². The van der Waals surface area contributed by atoms with Crippen LogP contribution >= 0.6 is 0 Å². The second kappa shape index (κ2) is 4.92. The smallest absolute Gasteiger partial charge is 0.212 e. The Hall–Kier alpha value is -2.68. The van der Waals surface area contributed by atoms with Crippen LogP contribution in [0.3, 0.4) is 0 Å². The van der Waals surface area contributed by atoms with Gasteiger partial charge in [0, 0.05) is 28.1 Å². The van der Waals surface area contributed by atoms with E-state index in [-0.39, 0.29) is 0 Å². The lowest BCUT2D eigenvalue weighted by Gasteiger charge is -2.05. The molecule has 0 atom stereocenters. The van der Waals surface area contributed by atoms with E-state index in [4.69, 9.17) is 4.42 Å². The molecular formula is C20H19N2O+. The number of fused-ring (bicyclic) bond motifs is 3. The summed E-state index contributed by atoms with van der Waals surface area (Å²) in [6.45, 7) is 6.27. The summed E-state index contributed by atoms with van der Waals surface area (Å²) in [7, 11) is 2.08. The zero-order chi connectivity index (χ0) is 16.1. The lowest BCUT2D eigenvalue weighted by Crippen LogP contribution is -2.31. The third-order valence-electron chi connectivity index (χ3n) is 4.40. The van der Waals surface area contributed by atoms with Crippen molar-refractivity contribution >= 4 is 21.9 Å². The number of aryl methyl sites for hydroxylation is 4. The van der Waals surface area contributed by atoms with Crippen molar-refractivity contribution in [2.75, 3.05) is 0 Å². The zero-order valence-corrected chi connectivity index (χ0v) is 13.8. The zero-order valence-electron chi connectivity index (χ0n) is 13.8. The van der Waals surface area contributed by atoms with Crippen molar-refractivity contribution in [3.05, 3.63) is 59.5 Å². The van der Waals surface area contributed by atoms with E-state index in [1.165, 1.54) is 22.4 Å². The summed E-state index contributed by atoms with van der Waals surface area (Å²) in [6, 6.07) is 10.8. The van der Waals surface area contributed by atoms with Crippen LogP contribution in [0.15, 0.2) is 47.1 Å². The van der Waals surface area contributed by atoms with E-state index in [0.29, 0.717) is 0 Å². The number of pyridine rings is 2. The van der Waals surface area contributed by atoms with Gasteiger partial charge in [0.15, 0.2) is 11.8 Å². The predicted molar refractivity (Wildman–Crippen MR) is 92.3 cm³/mol. The van der Waals surface area contributed by atoms with Crippen molar-refractivity contribution in [1.82, 2.24) is 4.98 Å². The second-order valence-corrected chi connectivity index (χ2v) is 6.29. The Morgan fingerprint density at radius 3 is 2.52 bits per heavy atom. The first-order chi connectivity index (χ1) is 11.0. The Morgan fingerprint density at radius 1 is 0.957 bits per heavy atom. The molecule has 0 bridgehead atoms. The number of rotatable bonds is 1. The van der Waals surface area contributed by atoms with Gasteiger partial charge in [-0.3, -0.25) is 4.98 Å². The lowest BCUT2D eigenvalue weighted by atomic mass is 10.0. The SMILES string of the molecule is Cc1ccc(-c2cc3oc4cnc(C)cc4c3cc2C)[n+](C)c1. The van der Waals surface area contributed by atoms with Crippen molar-refractivity contribution in [3.63, 3.8) is 0 Å². The van der Waals surface area contributed by atoms with E-state index in [1.807, 2.05) is 13.1 Å². The Kier molecular flexibility index (Phi) is 2.98.